The lowest BCUT2D eigenvalue weighted by Gasteiger charge is -2.26. The molecule has 1 saturated heterocycles. The van der Waals surface area contributed by atoms with Crippen LogP contribution in [0.25, 0.3) is 0 Å². The lowest BCUT2D eigenvalue weighted by atomic mass is 10.0. The Kier molecular flexibility index (Phi) is 4.48. The number of carbonyl (C=O) groups is 1. The van der Waals surface area contributed by atoms with Gasteiger partial charge in [0.1, 0.15) is 17.7 Å². The number of aliphatic hydroxyl groups excluding tert-OH is 1. The summed E-state index contributed by atoms with van der Waals surface area (Å²) in [6.07, 6.45) is 2.92. The van der Waals surface area contributed by atoms with Crippen molar-refractivity contribution in [3.8, 4) is 0 Å². The summed E-state index contributed by atoms with van der Waals surface area (Å²) < 4.78 is 18.9. The van der Waals surface area contributed by atoms with Gasteiger partial charge in [0.05, 0.1) is 6.26 Å². The first-order valence-corrected chi connectivity index (χ1v) is 7.85. The maximum absolute atomic E-state index is 13.7. The van der Waals surface area contributed by atoms with Gasteiger partial charge < -0.3 is 14.4 Å². The Balaban J connectivity index is 1.73. The van der Waals surface area contributed by atoms with Gasteiger partial charge in [0.2, 0.25) is 0 Å². The second-order valence-corrected chi connectivity index (χ2v) is 6.03. The molecular weight excluding hydrogens is 297 g/mol. The molecular formula is C18H20FNO3. The smallest absolute Gasteiger partial charge is 0.254 e. The number of furan rings is 1. The molecule has 1 aliphatic rings. The highest BCUT2D eigenvalue weighted by Gasteiger charge is 2.32. The second-order valence-electron chi connectivity index (χ2n) is 6.03. The molecule has 2 heterocycles. The van der Waals surface area contributed by atoms with Crippen molar-refractivity contribution in [2.75, 3.05) is 6.54 Å². The number of hydrogen-bond acceptors (Lipinski definition) is 3. The molecule has 1 aromatic carbocycles. The van der Waals surface area contributed by atoms with E-state index < -0.39 is 6.10 Å². The molecule has 1 fully saturated rings. The number of hydrogen-bond donors (Lipinski definition) is 1. The summed E-state index contributed by atoms with van der Waals surface area (Å²) in [5.74, 6) is -0.0501. The zero-order valence-electron chi connectivity index (χ0n) is 13.0. The average Bonchev–Trinajstić information content (AvgIpc) is 3.20. The van der Waals surface area contributed by atoms with Crippen LogP contribution >= 0.6 is 0 Å². The highest BCUT2D eigenvalue weighted by molar-refractivity contribution is 5.94. The van der Waals surface area contributed by atoms with Crippen molar-refractivity contribution >= 4 is 5.91 Å². The van der Waals surface area contributed by atoms with Crippen molar-refractivity contribution < 1.29 is 18.7 Å². The van der Waals surface area contributed by atoms with Gasteiger partial charge in [0.25, 0.3) is 5.91 Å². The highest BCUT2D eigenvalue weighted by Crippen LogP contribution is 2.29. The van der Waals surface area contributed by atoms with E-state index in [2.05, 4.69) is 0 Å². The summed E-state index contributed by atoms with van der Waals surface area (Å²) in [4.78, 5) is 14.4. The van der Waals surface area contributed by atoms with Crippen molar-refractivity contribution in [1.29, 1.82) is 0 Å². The van der Waals surface area contributed by atoms with E-state index in [9.17, 15) is 14.3 Å². The number of aryl methyl sites for hydroxylation is 1. The molecule has 122 valence electrons. The SMILES string of the molecule is Cc1ccc(C(=O)N2CCCC2CC(O)c2ccco2)cc1F. The Morgan fingerprint density at radius 2 is 2.30 bits per heavy atom. The lowest BCUT2D eigenvalue weighted by Crippen LogP contribution is -2.36. The van der Waals surface area contributed by atoms with Crippen molar-refractivity contribution in [2.45, 2.75) is 38.3 Å². The Morgan fingerprint density at radius 3 is 3.00 bits per heavy atom. The molecule has 0 bridgehead atoms. The molecule has 2 aromatic rings. The van der Waals surface area contributed by atoms with Crippen LogP contribution in [0.4, 0.5) is 4.39 Å². The van der Waals surface area contributed by atoms with Crippen molar-refractivity contribution in [3.63, 3.8) is 0 Å². The Hall–Kier alpha value is -2.14. The number of likely N-dealkylation sites (tertiary alicyclic amines) is 1. The average molecular weight is 317 g/mol. The number of rotatable bonds is 4. The third kappa shape index (κ3) is 3.29. The normalized spacial score (nSPS) is 19.1. The van der Waals surface area contributed by atoms with Crippen LogP contribution in [0.3, 0.4) is 0 Å². The first-order chi connectivity index (χ1) is 11.1. The van der Waals surface area contributed by atoms with Gasteiger partial charge in [-0.25, -0.2) is 4.39 Å². The fourth-order valence-electron chi connectivity index (χ4n) is 3.09. The van der Waals surface area contributed by atoms with E-state index in [1.165, 1.54) is 12.3 Å². The van der Waals surface area contributed by atoms with E-state index in [0.29, 0.717) is 29.9 Å². The largest absolute Gasteiger partial charge is 0.467 e. The van der Waals surface area contributed by atoms with Gasteiger partial charge >= 0.3 is 0 Å². The van der Waals surface area contributed by atoms with Crippen LogP contribution in [-0.2, 0) is 0 Å². The molecule has 1 N–H and O–H groups in total. The van der Waals surface area contributed by atoms with Gasteiger partial charge in [-0.3, -0.25) is 4.79 Å². The summed E-state index contributed by atoms with van der Waals surface area (Å²) in [7, 11) is 0. The fourth-order valence-corrected chi connectivity index (χ4v) is 3.09. The molecule has 23 heavy (non-hydrogen) atoms. The number of halogens is 1. The monoisotopic (exact) mass is 317 g/mol. The van der Waals surface area contributed by atoms with Crippen LogP contribution in [0.2, 0.25) is 0 Å². The van der Waals surface area contributed by atoms with Gasteiger partial charge in [-0.05, 0) is 49.6 Å². The fraction of sp³-hybridized carbons (Fsp3) is 0.389. The minimum absolute atomic E-state index is 0.0630. The molecule has 1 aromatic heterocycles. The minimum Gasteiger partial charge on any atom is -0.467 e. The first kappa shape index (κ1) is 15.7. The number of nitrogens with zero attached hydrogens (tertiary/aromatic N) is 1. The molecule has 2 unspecified atom stereocenters. The molecule has 2 atom stereocenters. The topological polar surface area (TPSA) is 53.7 Å². The maximum Gasteiger partial charge on any atom is 0.254 e. The zero-order valence-corrected chi connectivity index (χ0v) is 13.0. The van der Waals surface area contributed by atoms with Crippen LogP contribution in [0, 0.1) is 12.7 Å². The van der Waals surface area contributed by atoms with Crippen LogP contribution in [0.5, 0.6) is 0 Å². The zero-order chi connectivity index (χ0) is 16.4. The number of benzene rings is 1. The summed E-state index contributed by atoms with van der Waals surface area (Å²) in [5.41, 5.74) is 0.875. The standard InChI is InChI=1S/C18H20FNO3/c1-12-6-7-13(10-15(12)19)18(22)20-8-2-4-14(20)11-16(21)17-5-3-9-23-17/h3,5-7,9-10,14,16,21H,2,4,8,11H2,1H3. The quantitative estimate of drug-likeness (QED) is 0.939. The Bertz CT molecular complexity index is 684. The third-order valence-electron chi connectivity index (χ3n) is 4.42. The summed E-state index contributed by atoms with van der Waals surface area (Å²) >= 11 is 0. The van der Waals surface area contributed by atoms with Crippen molar-refractivity contribution in [1.82, 2.24) is 4.90 Å². The molecule has 0 aliphatic carbocycles. The van der Waals surface area contributed by atoms with Crippen molar-refractivity contribution in [2.24, 2.45) is 0 Å². The summed E-state index contributed by atoms with van der Waals surface area (Å²) in [6.45, 7) is 2.30. The van der Waals surface area contributed by atoms with E-state index in [4.69, 9.17) is 4.42 Å². The van der Waals surface area contributed by atoms with Gasteiger partial charge in [-0.15, -0.1) is 0 Å². The first-order valence-electron chi connectivity index (χ1n) is 7.85. The van der Waals surface area contributed by atoms with Gasteiger partial charge in [-0.1, -0.05) is 6.07 Å². The van der Waals surface area contributed by atoms with Crippen LogP contribution in [-0.4, -0.2) is 28.5 Å². The number of carbonyl (C=O) groups excluding carboxylic acids is 1. The number of aliphatic hydroxyl groups is 1. The molecule has 1 aliphatic heterocycles. The van der Waals surface area contributed by atoms with Gasteiger partial charge in [0.15, 0.2) is 0 Å². The minimum atomic E-state index is -0.738. The van der Waals surface area contributed by atoms with E-state index in [0.717, 1.165) is 12.8 Å². The van der Waals surface area contributed by atoms with E-state index >= 15 is 0 Å². The van der Waals surface area contributed by atoms with E-state index in [-0.39, 0.29) is 17.8 Å². The molecule has 0 radical (unpaired) electrons. The van der Waals surface area contributed by atoms with Gasteiger partial charge in [-0.2, -0.15) is 0 Å². The summed E-state index contributed by atoms with van der Waals surface area (Å²) in [5, 5.41) is 10.2. The maximum atomic E-state index is 13.7. The predicted molar refractivity (Wildman–Crippen MR) is 83.5 cm³/mol. The predicted octanol–water partition coefficient (Wildman–Crippen LogP) is 3.46. The molecule has 5 heteroatoms. The molecule has 4 nitrogen and oxygen atoms in total. The summed E-state index contributed by atoms with van der Waals surface area (Å²) in [6, 6.07) is 7.94. The van der Waals surface area contributed by atoms with Crippen molar-refractivity contribution in [3.05, 3.63) is 59.3 Å². The van der Waals surface area contributed by atoms with E-state index in [1.54, 1.807) is 36.1 Å². The molecule has 0 saturated carbocycles. The third-order valence-corrected chi connectivity index (χ3v) is 4.42. The molecule has 0 spiro atoms. The Labute approximate surface area is 134 Å². The highest BCUT2D eigenvalue weighted by atomic mass is 19.1. The van der Waals surface area contributed by atoms with Gasteiger partial charge in [0, 0.05) is 24.6 Å². The molecule has 1 amide bonds. The number of amides is 1. The van der Waals surface area contributed by atoms with Crippen LogP contribution in [0.1, 0.15) is 47.0 Å². The molecule has 3 rings (SSSR count). The Morgan fingerprint density at radius 1 is 1.48 bits per heavy atom. The van der Waals surface area contributed by atoms with E-state index in [1.807, 2.05) is 0 Å². The second kappa shape index (κ2) is 6.54. The van der Waals surface area contributed by atoms with Crippen LogP contribution in [0.15, 0.2) is 41.0 Å². The lowest BCUT2D eigenvalue weighted by molar-refractivity contribution is 0.0641. The van der Waals surface area contributed by atoms with Crippen LogP contribution < -0.4 is 0 Å².